The lowest BCUT2D eigenvalue weighted by Gasteiger charge is -2.10. The average molecular weight is 411 g/mol. The first-order chi connectivity index (χ1) is 11.8. The third-order valence-corrected chi connectivity index (χ3v) is 3.62. The number of aromatic nitrogens is 1. The summed E-state index contributed by atoms with van der Waals surface area (Å²) in [6.07, 6.45) is 1.34. The molecule has 0 radical (unpaired) electrons. The van der Waals surface area contributed by atoms with E-state index in [1.807, 2.05) is 13.8 Å². The number of ether oxygens (including phenoxy) is 2. The summed E-state index contributed by atoms with van der Waals surface area (Å²) in [6, 6.07) is 5.69. The van der Waals surface area contributed by atoms with Crippen LogP contribution in [0.2, 0.25) is 0 Å². The molecule has 1 aromatic heterocycles. The number of nitrogens with zero attached hydrogens (tertiary/aromatic N) is 1. The highest BCUT2D eigenvalue weighted by molar-refractivity contribution is 9.10. The van der Waals surface area contributed by atoms with Gasteiger partial charge in [-0.15, -0.1) is 0 Å². The second-order valence-electron chi connectivity index (χ2n) is 5.32. The van der Waals surface area contributed by atoms with Gasteiger partial charge in [0.25, 0.3) is 5.91 Å². The standard InChI is InChI=1S/C17H16BrFN2O4/c1-9(2)25-14-5-4-10(8-20-14)16(22)21-11-6-12(17(23)24-3)15(19)13(18)7-11/h4-9H,1-3H3,(H,21,22). The smallest absolute Gasteiger partial charge is 0.340 e. The molecule has 0 unspecified atom stereocenters. The zero-order valence-electron chi connectivity index (χ0n) is 13.8. The van der Waals surface area contributed by atoms with Crippen LogP contribution < -0.4 is 10.1 Å². The van der Waals surface area contributed by atoms with Crippen LogP contribution in [0.5, 0.6) is 5.88 Å². The van der Waals surface area contributed by atoms with Crippen LogP contribution >= 0.6 is 15.9 Å². The minimum Gasteiger partial charge on any atom is -0.475 e. The van der Waals surface area contributed by atoms with Gasteiger partial charge in [0.05, 0.1) is 28.8 Å². The van der Waals surface area contributed by atoms with Crippen LogP contribution in [0.25, 0.3) is 0 Å². The summed E-state index contributed by atoms with van der Waals surface area (Å²) in [4.78, 5) is 27.9. The zero-order chi connectivity index (χ0) is 18.6. The van der Waals surface area contributed by atoms with Crippen LogP contribution in [0.15, 0.2) is 34.9 Å². The number of nitrogens with one attached hydrogen (secondary N) is 1. The number of carbonyl (C=O) groups excluding carboxylic acids is 2. The molecule has 1 amide bonds. The zero-order valence-corrected chi connectivity index (χ0v) is 15.4. The topological polar surface area (TPSA) is 77.5 Å². The maximum Gasteiger partial charge on any atom is 0.340 e. The van der Waals surface area contributed by atoms with Gasteiger partial charge in [0, 0.05) is 18.0 Å². The fraction of sp³-hybridized carbons (Fsp3) is 0.235. The maximum atomic E-state index is 13.9. The molecule has 8 heteroatoms. The second-order valence-corrected chi connectivity index (χ2v) is 6.17. The summed E-state index contributed by atoms with van der Waals surface area (Å²) in [5.74, 6) is -1.66. The van der Waals surface area contributed by atoms with Gasteiger partial charge in [-0.3, -0.25) is 4.79 Å². The lowest BCUT2D eigenvalue weighted by molar-refractivity contribution is 0.0595. The molecule has 132 valence electrons. The van der Waals surface area contributed by atoms with Crippen molar-refractivity contribution in [2.75, 3.05) is 12.4 Å². The number of rotatable bonds is 5. The van der Waals surface area contributed by atoms with E-state index in [-0.39, 0.29) is 27.4 Å². The van der Waals surface area contributed by atoms with Crippen molar-refractivity contribution in [2.24, 2.45) is 0 Å². The lowest BCUT2D eigenvalue weighted by atomic mass is 10.1. The highest BCUT2D eigenvalue weighted by Gasteiger charge is 2.18. The Bertz CT molecular complexity index is 794. The summed E-state index contributed by atoms with van der Waals surface area (Å²) in [7, 11) is 1.15. The second kappa shape index (κ2) is 8.06. The normalized spacial score (nSPS) is 10.5. The molecular weight excluding hydrogens is 395 g/mol. The predicted molar refractivity (Wildman–Crippen MR) is 93.4 cm³/mol. The monoisotopic (exact) mass is 410 g/mol. The number of anilines is 1. The molecule has 1 heterocycles. The van der Waals surface area contributed by atoms with E-state index in [0.717, 1.165) is 7.11 Å². The van der Waals surface area contributed by atoms with E-state index < -0.39 is 17.7 Å². The Balaban J connectivity index is 2.20. The third-order valence-electron chi connectivity index (χ3n) is 3.05. The first-order valence-corrected chi connectivity index (χ1v) is 8.12. The van der Waals surface area contributed by atoms with Gasteiger partial charge in [-0.25, -0.2) is 14.2 Å². The Kier molecular flexibility index (Phi) is 6.08. The molecule has 0 spiro atoms. The highest BCUT2D eigenvalue weighted by atomic mass is 79.9. The van der Waals surface area contributed by atoms with Crippen LogP contribution in [-0.4, -0.2) is 30.1 Å². The summed E-state index contributed by atoms with van der Waals surface area (Å²) >= 11 is 3.01. The van der Waals surface area contributed by atoms with Crippen molar-refractivity contribution in [3.05, 3.63) is 51.9 Å². The summed E-state index contributed by atoms with van der Waals surface area (Å²) in [5.41, 5.74) is 0.239. The predicted octanol–water partition coefficient (Wildman–Crippen LogP) is 3.81. The van der Waals surface area contributed by atoms with Crippen LogP contribution in [0.3, 0.4) is 0 Å². The first-order valence-electron chi connectivity index (χ1n) is 7.33. The number of halogens is 2. The van der Waals surface area contributed by atoms with Crippen molar-refractivity contribution in [3.63, 3.8) is 0 Å². The van der Waals surface area contributed by atoms with Crippen molar-refractivity contribution in [1.82, 2.24) is 4.98 Å². The van der Waals surface area contributed by atoms with Crippen LogP contribution in [0.4, 0.5) is 10.1 Å². The summed E-state index contributed by atoms with van der Waals surface area (Å²) in [5, 5.41) is 2.58. The van der Waals surface area contributed by atoms with E-state index in [0.29, 0.717) is 5.88 Å². The third kappa shape index (κ3) is 4.76. The Morgan fingerprint density at radius 3 is 2.56 bits per heavy atom. The molecule has 25 heavy (non-hydrogen) atoms. The van der Waals surface area contributed by atoms with E-state index in [1.165, 1.54) is 18.3 Å². The number of pyridine rings is 1. The SMILES string of the molecule is COC(=O)c1cc(NC(=O)c2ccc(OC(C)C)nc2)cc(Br)c1F. The minimum absolute atomic E-state index is 0.0273. The number of methoxy groups -OCH3 is 1. The molecule has 1 N–H and O–H groups in total. The fourth-order valence-electron chi connectivity index (χ4n) is 1.95. The molecule has 6 nitrogen and oxygen atoms in total. The molecule has 0 fully saturated rings. The van der Waals surface area contributed by atoms with Gasteiger partial charge < -0.3 is 14.8 Å². The van der Waals surface area contributed by atoms with Crippen molar-refractivity contribution >= 4 is 33.5 Å². The molecule has 1 aromatic carbocycles. The molecule has 2 rings (SSSR count). The molecule has 0 saturated carbocycles. The Hall–Kier alpha value is -2.48. The van der Waals surface area contributed by atoms with E-state index in [2.05, 4.69) is 31.0 Å². The molecule has 2 aromatic rings. The number of carbonyl (C=O) groups is 2. The molecule has 0 aliphatic carbocycles. The quantitative estimate of drug-likeness (QED) is 0.758. The van der Waals surface area contributed by atoms with E-state index in [1.54, 1.807) is 12.1 Å². The average Bonchev–Trinajstić information content (AvgIpc) is 2.57. The van der Waals surface area contributed by atoms with Gasteiger partial charge in [0.15, 0.2) is 5.82 Å². The van der Waals surface area contributed by atoms with Crippen LogP contribution in [-0.2, 0) is 4.74 Å². The maximum absolute atomic E-state index is 13.9. The van der Waals surface area contributed by atoms with Gasteiger partial charge in [-0.2, -0.15) is 0 Å². The lowest BCUT2D eigenvalue weighted by Crippen LogP contribution is -2.14. The number of hydrogen-bond donors (Lipinski definition) is 1. The summed E-state index contributed by atoms with van der Waals surface area (Å²) in [6.45, 7) is 3.74. The molecule has 0 atom stereocenters. The molecule has 0 saturated heterocycles. The van der Waals surface area contributed by atoms with E-state index >= 15 is 0 Å². The van der Waals surface area contributed by atoms with Crippen LogP contribution in [0.1, 0.15) is 34.6 Å². The fourth-order valence-corrected chi connectivity index (χ4v) is 2.41. The highest BCUT2D eigenvalue weighted by Crippen LogP contribution is 2.25. The molecule has 0 bridgehead atoms. The van der Waals surface area contributed by atoms with Crippen molar-refractivity contribution in [2.45, 2.75) is 20.0 Å². The Labute approximate surface area is 152 Å². The molecule has 0 aliphatic rings. The van der Waals surface area contributed by atoms with Gasteiger partial charge in [0.1, 0.15) is 0 Å². The van der Waals surface area contributed by atoms with Crippen molar-refractivity contribution < 1.29 is 23.5 Å². The summed E-state index contributed by atoms with van der Waals surface area (Å²) < 4.78 is 23.9. The number of hydrogen-bond acceptors (Lipinski definition) is 5. The Morgan fingerprint density at radius 2 is 2.00 bits per heavy atom. The number of esters is 1. The minimum atomic E-state index is -0.842. The van der Waals surface area contributed by atoms with Gasteiger partial charge in [0.2, 0.25) is 5.88 Å². The van der Waals surface area contributed by atoms with Gasteiger partial charge in [-0.1, -0.05) is 0 Å². The van der Waals surface area contributed by atoms with E-state index in [4.69, 9.17) is 4.74 Å². The van der Waals surface area contributed by atoms with Gasteiger partial charge in [-0.05, 0) is 48.0 Å². The van der Waals surface area contributed by atoms with E-state index in [9.17, 15) is 14.0 Å². The first kappa shape index (κ1) is 18.9. The number of benzene rings is 1. The molecular formula is C17H16BrFN2O4. The van der Waals surface area contributed by atoms with Crippen LogP contribution in [0, 0.1) is 5.82 Å². The number of amides is 1. The molecule has 0 aliphatic heterocycles. The van der Waals surface area contributed by atoms with Crippen molar-refractivity contribution in [1.29, 1.82) is 0 Å². The Morgan fingerprint density at radius 1 is 1.28 bits per heavy atom. The van der Waals surface area contributed by atoms with Crippen molar-refractivity contribution in [3.8, 4) is 5.88 Å². The largest absolute Gasteiger partial charge is 0.475 e. The van der Waals surface area contributed by atoms with Gasteiger partial charge >= 0.3 is 5.97 Å².